The Morgan fingerprint density at radius 3 is 1.87 bits per heavy atom. The molecule has 7 aromatic carbocycles. The van der Waals surface area contributed by atoms with Crippen molar-refractivity contribution in [3.63, 3.8) is 0 Å². The van der Waals surface area contributed by atoms with Gasteiger partial charge in [0.15, 0.2) is 5.75 Å². The van der Waals surface area contributed by atoms with Crippen molar-refractivity contribution < 1.29 is 14.6 Å². The lowest BCUT2D eigenvalue weighted by Gasteiger charge is -2.09. The van der Waals surface area contributed by atoms with Crippen LogP contribution in [0.1, 0.15) is 34.8 Å². The highest BCUT2D eigenvalue weighted by atomic mass is 16.5. The lowest BCUT2D eigenvalue weighted by molar-refractivity contribution is 0.102. The summed E-state index contributed by atoms with van der Waals surface area (Å²) in [6, 6.07) is 38.5. The highest BCUT2D eigenvalue weighted by molar-refractivity contribution is 6.06. The zero-order valence-corrected chi connectivity index (χ0v) is 30.6. The van der Waals surface area contributed by atoms with Crippen LogP contribution in [0.5, 0.6) is 11.5 Å². The normalized spacial score (nSPS) is 11.7. The van der Waals surface area contributed by atoms with Gasteiger partial charge in [-0.15, -0.1) is 5.11 Å². The Morgan fingerprint density at radius 2 is 1.22 bits per heavy atom. The van der Waals surface area contributed by atoms with Gasteiger partial charge in [-0.3, -0.25) is 4.79 Å². The molecule has 0 aliphatic rings. The van der Waals surface area contributed by atoms with Gasteiger partial charge in [-0.1, -0.05) is 25.1 Å². The fraction of sp³-hybridized carbons (Fsp3) is 0.114. The Balaban J connectivity index is 0.989. The van der Waals surface area contributed by atoms with Gasteiger partial charge in [-0.2, -0.15) is 25.6 Å². The van der Waals surface area contributed by atoms with E-state index in [1.54, 1.807) is 54.6 Å². The molecule has 272 valence electrons. The third kappa shape index (κ3) is 8.52. The molecule has 0 atom stereocenters. The van der Waals surface area contributed by atoms with E-state index in [0.29, 0.717) is 51.7 Å². The molecule has 0 spiro atoms. The van der Waals surface area contributed by atoms with Crippen LogP contribution in [-0.2, 0) is 0 Å². The first kappa shape index (κ1) is 36.1. The zero-order valence-electron chi connectivity index (χ0n) is 30.6. The number of phenolic OH excluding ortho intramolecular Hbond substituents is 1. The number of fused-ring (bicyclic) bond motifs is 2. The van der Waals surface area contributed by atoms with Gasteiger partial charge in [0.2, 0.25) is 0 Å². The van der Waals surface area contributed by atoms with Crippen LogP contribution in [0.2, 0.25) is 0 Å². The first-order valence-electron chi connectivity index (χ1n) is 17.8. The first-order chi connectivity index (χ1) is 26.7. The lowest BCUT2D eigenvalue weighted by Crippen LogP contribution is -2.11. The molecular formula is C44H38N8O3. The van der Waals surface area contributed by atoms with E-state index in [2.05, 4.69) is 42.9 Å². The summed E-state index contributed by atoms with van der Waals surface area (Å²) in [5.74, 6) is 0.602. The maximum atomic E-state index is 12.6. The van der Waals surface area contributed by atoms with E-state index >= 15 is 0 Å². The Kier molecular flexibility index (Phi) is 10.6. The van der Waals surface area contributed by atoms with Crippen molar-refractivity contribution in [1.82, 2.24) is 0 Å². The molecule has 0 aliphatic carbocycles. The highest BCUT2D eigenvalue weighted by Crippen LogP contribution is 2.38. The zero-order chi connectivity index (χ0) is 38.3. The molecule has 4 N–H and O–H groups in total. The summed E-state index contributed by atoms with van der Waals surface area (Å²) < 4.78 is 5.89. The van der Waals surface area contributed by atoms with Gasteiger partial charge in [0.05, 0.1) is 35.0 Å². The number of azo groups is 3. The summed E-state index contributed by atoms with van der Waals surface area (Å²) in [5, 5.41) is 43.8. The molecule has 0 heterocycles. The van der Waals surface area contributed by atoms with Gasteiger partial charge in [-0.25, -0.2) is 0 Å². The number of phenols is 1. The second-order valence-corrected chi connectivity index (χ2v) is 13.0. The van der Waals surface area contributed by atoms with E-state index in [9.17, 15) is 9.90 Å². The number of hydrogen-bond acceptors (Lipinski definition) is 10. The number of hydrogen-bond donors (Lipinski definition) is 3. The number of benzene rings is 7. The van der Waals surface area contributed by atoms with Crippen LogP contribution in [-0.4, -0.2) is 17.6 Å². The molecule has 0 aromatic heterocycles. The topological polar surface area (TPSA) is 159 Å². The average Bonchev–Trinajstić information content (AvgIpc) is 3.19. The molecular weight excluding hydrogens is 689 g/mol. The number of nitrogens with one attached hydrogen (secondary N) is 1. The molecule has 0 unspecified atom stereocenters. The Morgan fingerprint density at radius 1 is 0.636 bits per heavy atom. The molecule has 0 saturated heterocycles. The fourth-order valence-electron chi connectivity index (χ4n) is 5.90. The van der Waals surface area contributed by atoms with Crippen molar-refractivity contribution in [2.75, 3.05) is 17.7 Å². The molecule has 0 aliphatic heterocycles. The Labute approximate surface area is 318 Å². The highest BCUT2D eigenvalue weighted by Gasteiger charge is 2.11. The van der Waals surface area contributed by atoms with E-state index in [1.807, 2.05) is 86.6 Å². The molecule has 7 aromatic rings. The van der Waals surface area contributed by atoms with E-state index < -0.39 is 0 Å². The van der Waals surface area contributed by atoms with Crippen molar-refractivity contribution in [3.8, 4) is 11.5 Å². The predicted molar refractivity (Wildman–Crippen MR) is 219 cm³/mol. The van der Waals surface area contributed by atoms with E-state index in [0.717, 1.165) is 50.8 Å². The largest absolute Gasteiger partial charge is 0.505 e. The molecule has 0 fully saturated rings. The van der Waals surface area contributed by atoms with Crippen LogP contribution in [0.25, 0.3) is 21.5 Å². The van der Waals surface area contributed by atoms with Gasteiger partial charge >= 0.3 is 0 Å². The summed E-state index contributed by atoms with van der Waals surface area (Å²) >= 11 is 0. The maximum Gasteiger partial charge on any atom is 0.255 e. The van der Waals surface area contributed by atoms with Crippen molar-refractivity contribution >= 4 is 73.0 Å². The number of aryl methyl sites for hydroxylation is 2. The van der Waals surface area contributed by atoms with Crippen molar-refractivity contribution in [2.45, 2.75) is 27.2 Å². The summed E-state index contributed by atoms with van der Waals surface area (Å²) in [4.78, 5) is 12.6. The minimum atomic E-state index is -0.259. The number of rotatable bonds is 11. The smallest absolute Gasteiger partial charge is 0.255 e. The minimum absolute atomic E-state index is 0.0110. The molecule has 0 bridgehead atoms. The fourth-order valence-corrected chi connectivity index (χ4v) is 5.90. The number of ether oxygens (including phenoxy) is 1. The molecule has 0 radical (unpaired) electrons. The minimum Gasteiger partial charge on any atom is -0.505 e. The van der Waals surface area contributed by atoms with E-state index in [-0.39, 0.29) is 11.7 Å². The maximum absolute atomic E-state index is 12.6. The number of aromatic hydroxyl groups is 1. The number of nitrogens with two attached hydrogens (primary N) is 1. The summed E-state index contributed by atoms with van der Waals surface area (Å²) in [7, 11) is 0. The molecule has 55 heavy (non-hydrogen) atoms. The van der Waals surface area contributed by atoms with Crippen molar-refractivity contribution in [1.29, 1.82) is 0 Å². The van der Waals surface area contributed by atoms with E-state index in [4.69, 9.17) is 10.5 Å². The van der Waals surface area contributed by atoms with Crippen LogP contribution in [0.15, 0.2) is 158 Å². The predicted octanol–water partition coefficient (Wildman–Crippen LogP) is 13.2. The number of anilines is 2. The average molecular weight is 727 g/mol. The number of nitrogen functional groups attached to an aromatic ring is 1. The SMILES string of the molecule is CCCOc1cccc2cc(N=Nc3ccc(N=Nc4ccc(N=Nc5ccc6cc(NC(=O)c7ccc(N)cc7)ccc6c5O)cc4C)cc3C)ccc12. The third-order valence-corrected chi connectivity index (χ3v) is 8.87. The van der Waals surface area contributed by atoms with Crippen LogP contribution < -0.4 is 15.8 Å². The third-order valence-electron chi connectivity index (χ3n) is 8.87. The van der Waals surface area contributed by atoms with Gasteiger partial charge in [0.25, 0.3) is 5.91 Å². The molecule has 0 saturated carbocycles. The number of carbonyl (C=O) groups is 1. The molecule has 11 nitrogen and oxygen atoms in total. The lowest BCUT2D eigenvalue weighted by atomic mass is 10.1. The van der Waals surface area contributed by atoms with Crippen LogP contribution >= 0.6 is 0 Å². The summed E-state index contributed by atoms with van der Waals surface area (Å²) in [5.41, 5.74) is 13.0. The number of nitrogens with zero attached hydrogens (tertiary/aromatic N) is 6. The number of amides is 1. The second-order valence-electron chi connectivity index (χ2n) is 13.0. The van der Waals surface area contributed by atoms with Gasteiger partial charge in [0, 0.05) is 27.7 Å². The standard InChI is InChI=1S/C44H38N8O3/c1-4-22-55-42-7-5-6-30-26-36(14-17-37(30)42)49-51-40-20-15-34(23-27(40)2)47-50-39-21-16-35(24-28(39)3)48-52-41-19-10-31-25-33(13-18-38(31)43(41)53)46-44(54)29-8-11-32(45)12-9-29/h5-21,23-26,53H,4,22,45H2,1-3H3,(H,46,54). The molecule has 7 rings (SSSR count). The van der Waals surface area contributed by atoms with Gasteiger partial charge in [-0.05, 0) is 151 Å². The molecule has 1 amide bonds. The monoisotopic (exact) mass is 726 g/mol. The van der Waals surface area contributed by atoms with Crippen LogP contribution in [0, 0.1) is 13.8 Å². The van der Waals surface area contributed by atoms with Crippen molar-refractivity contribution in [3.05, 3.63) is 144 Å². The van der Waals surface area contributed by atoms with E-state index in [1.165, 1.54) is 0 Å². The Hall–Kier alpha value is -7.27. The summed E-state index contributed by atoms with van der Waals surface area (Å²) in [6.45, 7) is 6.65. The summed E-state index contributed by atoms with van der Waals surface area (Å²) in [6.07, 6.45) is 0.951. The van der Waals surface area contributed by atoms with Gasteiger partial charge in [0.1, 0.15) is 11.4 Å². The van der Waals surface area contributed by atoms with Crippen LogP contribution in [0.3, 0.4) is 0 Å². The quantitative estimate of drug-likeness (QED) is 0.0894. The second kappa shape index (κ2) is 16.2. The first-order valence-corrected chi connectivity index (χ1v) is 17.8. The Bertz CT molecular complexity index is 2630. The van der Waals surface area contributed by atoms with Gasteiger partial charge < -0.3 is 20.9 Å². The van der Waals surface area contributed by atoms with Crippen LogP contribution in [0.4, 0.5) is 45.5 Å². The van der Waals surface area contributed by atoms with Crippen molar-refractivity contribution in [2.24, 2.45) is 30.7 Å². The number of carbonyl (C=O) groups excluding carboxylic acids is 1. The molecule has 11 heteroatoms.